The molecule has 0 aliphatic heterocycles. The molecule has 1 aromatic heterocycles. The van der Waals surface area contributed by atoms with Gasteiger partial charge in [-0.1, -0.05) is 26.7 Å². The molecule has 1 aliphatic carbocycles. The molecule has 4 N–H and O–H groups in total. The van der Waals surface area contributed by atoms with E-state index < -0.39 is 0 Å². The third-order valence-corrected chi connectivity index (χ3v) is 3.58. The van der Waals surface area contributed by atoms with Crippen molar-refractivity contribution >= 4 is 5.91 Å². The average Bonchev–Trinajstić information content (AvgIpc) is 2.98. The number of aromatic amines is 1. The Balaban J connectivity index is 2.06. The van der Waals surface area contributed by atoms with Crippen LogP contribution in [0.25, 0.3) is 0 Å². The maximum atomic E-state index is 12.1. The van der Waals surface area contributed by atoms with Crippen LogP contribution in [0.1, 0.15) is 61.9 Å². The molecule has 0 aromatic carbocycles. The molecule has 100 valence electrons. The van der Waals surface area contributed by atoms with Gasteiger partial charge in [0.25, 0.3) is 5.91 Å². The fourth-order valence-corrected chi connectivity index (χ4v) is 2.36. The molecule has 0 bridgehead atoms. The van der Waals surface area contributed by atoms with E-state index in [2.05, 4.69) is 20.5 Å². The number of hydrogen-bond donors (Lipinski definition) is 3. The maximum absolute atomic E-state index is 12.1. The van der Waals surface area contributed by atoms with Crippen LogP contribution in [0, 0.1) is 0 Å². The van der Waals surface area contributed by atoms with Gasteiger partial charge in [-0.15, -0.1) is 5.10 Å². The summed E-state index contributed by atoms with van der Waals surface area (Å²) in [5, 5.41) is 9.75. The van der Waals surface area contributed by atoms with Gasteiger partial charge < -0.3 is 11.1 Å². The number of aromatic nitrogens is 3. The highest BCUT2D eigenvalue weighted by atomic mass is 16.2. The van der Waals surface area contributed by atoms with Crippen LogP contribution in [0.5, 0.6) is 0 Å². The molecule has 0 spiro atoms. The fraction of sp³-hybridized carbons (Fsp3) is 0.750. The summed E-state index contributed by atoms with van der Waals surface area (Å²) in [7, 11) is 0. The van der Waals surface area contributed by atoms with Crippen LogP contribution < -0.4 is 11.1 Å². The third-order valence-electron chi connectivity index (χ3n) is 3.58. The number of hydrogen-bond acceptors (Lipinski definition) is 4. The zero-order chi connectivity index (χ0) is 13.2. The molecule has 0 unspecified atom stereocenters. The number of nitrogens with one attached hydrogen (secondary N) is 2. The van der Waals surface area contributed by atoms with E-state index in [0.717, 1.165) is 31.5 Å². The molecule has 1 aliphatic rings. The minimum atomic E-state index is -0.254. The van der Waals surface area contributed by atoms with Crippen molar-refractivity contribution < 1.29 is 4.79 Å². The lowest BCUT2D eigenvalue weighted by Gasteiger charge is -2.27. The third kappa shape index (κ3) is 2.53. The molecule has 1 amide bonds. The average molecular weight is 251 g/mol. The van der Waals surface area contributed by atoms with E-state index in [1.165, 1.54) is 0 Å². The van der Waals surface area contributed by atoms with Crippen molar-refractivity contribution in [2.75, 3.05) is 6.54 Å². The van der Waals surface area contributed by atoms with Gasteiger partial charge in [0.15, 0.2) is 0 Å². The Labute approximate surface area is 107 Å². The molecule has 6 heteroatoms. The Kier molecular flexibility index (Phi) is 3.65. The number of nitrogens with two attached hydrogens (primary N) is 1. The van der Waals surface area contributed by atoms with Gasteiger partial charge in [0, 0.05) is 12.5 Å². The summed E-state index contributed by atoms with van der Waals surface area (Å²) in [6.07, 6.45) is 4.11. The molecule has 6 nitrogen and oxygen atoms in total. The van der Waals surface area contributed by atoms with Gasteiger partial charge in [-0.25, -0.2) is 4.98 Å². The van der Waals surface area contributed by atoms with E-state index in [1.54, 1.807) is 0 Å². The van der Waals surface area contributed by atoms with E-state index >= 15 is 0 Å². The van der Waals surface area contributed by atoms with Gasteiger partial charge in [-0.2, -0.15) is 0 Å². The van der Waals surface area contributed by atoms with E-state index in [-0.39, 0.29) is 23.2 Å². The summed E-state index contributed by atoms with van der Waals surface area (Å²) >= 11 is 0. The molecule has 1 aromatic rings. The molecule has 0 atom stereocenters. The maximum Gasteiger partial charge on any atom is 0.291 e. The first-order valence-corrected chi connectivity index (χ1v) is 6.51. The molecule has 1 heterocycles. The second-order valence-corrected chi connectivity index (χ2v) is 5.34. The van der Waals surface area contributed by atoms with Crippen LogP contribution >= 0.6 is 0 Å². The highest BCUT2D eigenvalue weighted by Crippen LogP contribution is 2.28. The second kappa shape index (κ2) is 5.06. The Morgan fingerprint density at radius 1 is 1.50 bits per heavy atom. The SMILES string of the molecule is CC(C)c1nc(C(=O)NC2(CN)CCCC2)n[nH]1. The second-order valence-electron chi connectivity index (χ2n) is 5.34. The lowest BCUT2D eigenvalue weighted by Crippen LogP contribution is -2.51. The zero-order valence-electron chi connectivity index (χ0n) is 11.0. The zero-order valence-corrected chi connectivity index (χ0v) is 11.0. The van der Waals surface area contributed by atoms with Crippen molar-refractivity contribution in [3.05, 3.63) is 11.6 Å². The molecule has 1 saturated carbocycles. The Morgan fingerprint density at radius 2 is 2.17 bits per heavy atom. The summed E-state index contributed by atoms with van der Waals surface area (Å²) in [5.74, 6) is 0.936. The summed E-state index contributed by atoms with van der Waals surface area (Å²) in [6, 6.07) is 0. The van der Waals surface area contributed by atoms with Crippen molar-refractivity contribution in [3.8, 4) is 0 Å². The number of carbonyl (C=O) groups is 1. The van der Waals surface area contributed by atoms with Crippen LogP contribution in [-0.4, -0.2) is 33.2 Å². The number of nitrogens with zero attached hydrogens (tertiary/aromatic N) is 2. The van der Waals surface area contributed by atoms with Gasteiger partial charge in [0.1, 0.15) is 5.82 Å². The van der Waals surface area contributed by atoms with Gasteiger partial charge in [0.05, 0.1) is 5.54 Å². The number of carbonyl (C=O) groups excluding carboxylic acids is 1. The standard InChI is InChI=1S/C12H21N5O/c1-8(2)9-14-10(17-16-9)11(18)15-12(7-13)5-3-4-6-12/h8H,3-7,13H2,1-2H3,(H,15,18)(H,14,16,17). The van der Waals surface area contributed by atoms with Crippen LogP contribution in [0.3, 0.4) is 0 Å². The van der Waals surface area contributed by atoms with Gasteiger partial charge >= 0.3 is 0 Å². The van der Waals surface area contributed by atoms with Crippen molar-refractivity contribution in [2.24, 2.45) is 5.73 Å². The van der Waals surface area contributed by atoms with Gasteiger partial charge in [-0.3, -0.25) is 9.89 Å². The largest absolute Gasteiger partial charge is 0.343 e. The van der Waals surface area contributed by atoms with Crippen molar-refractivity contribution in [3.63, 3.8) is 0 Å². The van der Waals surface area contributed by atoms with Crippen LogP contribution in [0.4, 0.5) is 0 Å². The first-order valence-electron chi connectivity index (χ1n) is 6.51. The van der Waals surface area contributed by atoms with Gasteiger partial charge in [0.2, 0.25) is 5.82 Å². The molecular formula is C12H21N5O. The van der Waals surface area contributed by atoms with E-state index in [1.807, 2.05) is 13.8 Å². The Bertz CT molecular complexity index is 420. The van der Waals surface area contributed by atoms with E-state index in [0.29, 0.717) is 6.54 Å². The number of H-pyrrole nitrogens is 1. The Morgan fingerprint density at radius 3 is 2.67 bits per heavy atom. The first-order chi connectivity index (χ1) is 8.56. The topological polar surface area (TPSA) is 96.7 Å². The molecule has 2 rings (SSSR count). The van der Waals surface area contributed by atoms with Crippen molar-refractivity contribution in [1.82, 2.24) is 20.5 Å². The predicted molar refractivity (Wildman–Crippen MR) is 68.2 cm³/mol. The highest BCUT2D eigenvalue weighted by Gasteiger charge is 2.34. The molecular weight excluding hydrogens is 230 g/mol. The minimum Gasteiger partial charge on any atom is -0.343 e. The van der Waals surface area contributed by atoms with Crippen LogP contribution in [0.2, 0.25) is 0 Å². The van der Waals surface area contributed by atoms with Gasteiger partial charge in [-0.05, 0) is 12.8 Å². The van der Waals surface area contributed by atoms with E-state index in [9.17, 15) is 4.79 Å². The molecule has 0 radical (unpaired) electrons. The number of rotatable bonds is 4. The highest BCUT2D eigenvalue weighted by molar-refractivity contribution is 5.91. The summed E-state index contributed by atoms with van der Waals surface area (Å²) in [6.45, 7) is 4.47. The minimum absolute atomic E-state index is 0.207. The normalized spacial score (nSPS) is 18.2. The van der Waals surface area contributed by atoms with Crippen molar-refractivity contribution in [2.45, 2.75) is 51.0 Å². The van der Waals surface area contributed by atoms with Crippen molar-refractivity contribution in [1.29, 1.82) is 0 Å². The molecule has 0 saturated heterocycles. The molecule has 18 heavy (non-hydrogen) atoms. The lowest BCUT2D eigenvalue weighted by molar-refractivity contribution is 0.0892. The smallest absolute Gasteiger partial charge is 0.291 e. The summed E-state index contributed by atoms with van der Waals surface area (Å²) in [5.41, 5.74) is 5.53. The summed E-state index contributed by atoms with van der Waals surface area (Å²) < 4.78 is 0. The van der Waals surface area contributed by atoms with Crippen LogP contribution in [0.15, 0.2) is 0 Å². The Hall–Kier alpha value is -1.43. The van der Waals surface area contributed by atoms with E-state index in [4.69, 9.17) is 5.73 Å². The molecule has 1 fully saturated rings. The first kappa shape index (κ1) is 13.0. The quantitative estimate of drug-likeness (QED) is 0.741. The lowest BCUT2D eigenvalue weighted by atomic mass is 9.98. The number of amides is 1. The predicted octanol–water partition coefficient (Wildman–Crippen LogP) is 0.929. The van der Waals surface area contributed by atoms with Crippen LogP contribution in [-0.2, 0) is 0 Å². The summed E-state index contributed by atoms with van der Waals surface area (Å²) in [4.78, 5) is 16.3. The monoisotopic (exact) mass is 251 g/mol. The fourth-order valence-electron chi connectivity index (χ4n) is 2.36.